The van der Waals surface area contributed by atoms with Gasteiger partial charge in [0.15, 0.2) is 12.6 Å². The van der Waals surface area contributed by atoms with Gasteiger partial charge in [0.2, 0.25) is 0 Å². The number of hydrogen-bond donors (Lipinski definition) is 1. The van der Waals surface area contributed by atoms with Crippen molar-refractivity contribution < 1.29 is 23.7 Å². The molecule has 0 aromatic rings. The quantitative estimate of drug-likeness (QED) is 0.0655. The molecule has 36 heavy (non-hydrogen) atoms. The minimum atomic E-state index is -0.101. The summed E-state index contributed by atoms with van der Waals surface area (Å²) in [6.45, 7) is 16.6. The van der Waals surface area contributed by atoms with E-state index in [-0.39, 0.29) is 24.3 Å². The van der Waals surface area contributed by atoms with Gasteiger partial charge in [0.05, 0.1) is 11.7 Å². The monoisotopic (exact) mass is 553 g/mol. The van der Waals surface area contributed by atoms with Crippen LogP contribution in [0, 0.1) is 0 Å². The molecule has 0 aromatic carbocycles. The molecular formula is C28H61NO5P2. The fraction of sp³-hybridized carbons (Fsp3) is 1.00. The third kappa shape index (κ3) is 20.6. The summed E-state index contributed by atoms with van der Waals surface area (Å²) < 4.78 is 30.1. The standard InChI is InChI=1S/C28H61NO5P2/c1-7-17-30-26(31-18-8-2)11-21-35-23-14-28(13-16-29,34-25(5)6)15-24-36-22-12-27(32-19-9-3)33-20-10-4/h25-27,35-36H,7-24,29H2,1-6H3. The third-order valence-electron chi connectivity index (χ3n) is 5.75. The third-order valence-corrected chi connectivity index (χ3v) is 8.24. The number of rotatable bonds is 28. The molecule has 0 radical (unpaired) electrons. The van der Waals surface area contributed by atoms with Gasteiger partial charge in [-0.25, -0.2) is 0 Å². The van der Waals surface area contributed by atoms with Gasteiger partial charge in [-0.1, -0.05) is 27.7 Å². The van der Waals surface area contributed by atoms with Crippen molar-refractivity contribution in [3.8, 4) is 0 Å². The summed E-state index contributed by atoms with van der Waals surface area (Å²) in [6, 6.07) is 0. The fourth-order valence-electron chi connectivity index (χ4n) is 4.06. The van der Waals surface area contributed by atoms with E-state index in [9.17, 15) is 0 Å². The smallest absolute Gasteiger partial charge is 0.157 e. The molecule has 0 amide bonds. The van der Waals surface area contributed by atoms with Crippen LogP contribution in [0.3, 0.4) is 0 Å². The maximum atomic E-state index is 6.58. The number of hydrogen-bond acceptors (Lipinski definition) is 6. The lowest BCUT2D eigenvalue weighted by Crippen LogP contribution is -2.39. The van der Waals surface area contributed by atoms with Gasteiger partial charge in [0.25, 0.3) is 0 Å². The molecule has 0 bridgehead atoms. The van der Waals surface area contributed by atoms with Gasteiger partial charge < -0.3 is 29.4 Å². The Morgan fingerprint density at radius 1 is 0.611 bits per heavy atom. The number of ether oxygens (including phenoxy) is 5. The number of nitrogens with two attached hydrogens (primary N) is 1. The van der Waals surface area contributed by atoms with E-state index >= 15 is 0 Å². The summed E-state index contributed by atoms with van der Waals surface area (Å²) in [7, 11) is 1.80. The zero-order chi connectivity index (χ0) is 26.9. The van der Waals surface area contributed by atoms with E-state index in [1.54, 1.807) is 0 Å². The van der Waals surface area contributed by atoms with Gasteiger partial charge in [0, 0.05) is 39.3 Å². The van der Waals surface area contributed by atoms with Crippen molar-refractivity contribution >= 4 is 17.2 Å². The molecule has 2 unspecified atom stereocenters. The van der Waals surface area contributed by atoms with Gasteiger partial charge in [-0.05, 0) is 90.0 Å². The van der Waals surface area contributed by atoms with Crippen LogP contribution >= 0.6 is 17.2 Å². The van der Waals surface area contributed by atoms with Crippen molar-refractivity contribution in [3.63, 3.8) is 0 Å². The van der Waals surface area contributed by atoms with Crippen LogP contribution in [0.2, 0.25) is 0 Å². The van der Waals surface area contributed by atoms with Crippen molar-refractivity contribution in [1.82, 2.24) is 0 Å². The Labute approximate surface area is 227 Å². The lowest BCUT2D eigenvalue weighted by atomic mass is 9.92. The minimum Gasteiger partial charge on any atom is -0.372 e. The van der Waals surface area contributed by atoms with Gasteiger partial charge in [-0.3, -0.25) is 0 Å². The molecule has 0 aliphatic heterocycles. The highest BCUT2D eigenvalue weighted by atomic mass is 31.1. The first-order valence-corrected chi connectivity index (χ1v) is 17.5. The Morgan fingerprint density at radius 3 is 1.31 bits per heavy atom. The minimum absolute atomic E-state index is 0.0502. The van der Waals surface area contributed by atoms with E-state index in [1.165, 1.54) is 12.3 Å². The molecule has 6 nitrogen and oxygen atoms in total. The Morgan fingerprint density at radius 2 is 1.00 bits per heavy atom. The average molecular weight is 554 g/mol. The second-order valence-electron chi connectivity index (χ2n) is 9.81. The van der Waals surface area contributed by atoms with Crippen molar-refractivity contribution in [2.24, 2.45) is 5.73 Å². The van der Waals surface area contributed by atoms with Crippen LogP contribution in [0.25, 0.3) is 0 Å². The van der Waals surface area contributed by atoms with Gasteiger partial charge >= 0.3 is 0 Å². The van der Waals surface area contributed by atoms with Crippen molar-refractivity contribution in [2.45, 2.75) is 124 Å². The average Bonchev–Trinajstić information content (AvgIpc) is 2.85. The van der Waals surface area contributed by atoms with Crippen LogP contribution in [0.4, 0.5) is 0 Å². The Bertz CT molecular complexity index is 414. The van der Waals surface area contributed by atoms with Crippen LogP contribution < -0.4 is 5.73 Å². The fourth-order valence-corrected chi connectivity index (χ4v) is 6.71. The molecular weight excluding hydrogens is 492 g/mol. The maximum absolute atomic E-state index is 6.58. The highest BCUT2D eigenvalue weighted by Gasteiger charge is 2.30. The van der Waals surface area contributed by atoms with Crippen molar-refractivity contribution in [2.75, 3.05) is 57.6 Å². The zero-order valence-corrected chi connectivity index (χ0v) is 26.6. The summed E-state index contributed by atoms with van der Waals surface area (Å²) in [4.78, 5) is 0. The van der Waals surface area contributed by atoms with E-state index in [0.717, 1.165) is 114 Å². The van der Waals surface area contributed by atoms with Crippen LogP contribution in [0.1, 0.15) is 99.3 Å². The SMILES string of the molecule is CCCOC(CCPCCC(CCN)(CCPCCC(OCCC)OCCC)OC(C)C)OCCC. The van der Waals surface area contributed by atoms with Crippen LogP contribution in [0.15, 0.2) is 0 Å². The predicted molar refractivity (Wildman–Crippen MR) is 160 cm³/mol. The summed E-state index contributed by atoms with van der Waals surface area (Å²) >= 11 is 0. The van der Waals surface area contributed by atoms with Gasteiger partial charge in [-0.15, -0.1) is 17.2 Å². The molecule has 218 valence electrons. The molecule has 0 aliphatic carbocycles. The second-order valence-corrected chi connectivity index (χ2v) is 12.8. The Hall–Kier alpha value is 0.620. The molecule has 2 atom stereocenters. The first kappa shape index (κ1) is 36.6. The first-order chi connectivity index (χ1) is 17.5. The molecule has 0 fully saturated rings. The molecule has 0 spiro atoms. The van der Waals surface area contributed by atoms with Gasteiger partial charge in [-0.2, -0.15) is 0 Å². The first-order valence-electron chi connectivity index (χ1n) is 14.7. The maximum Gasteiger partial charge on any atom is 0.157 e. The van der Waals surface area contributed by atoms with E-state index in [4.69, 9.17) is 29.4 Å². The molecule has 0 heterocycles. The molecule has 0 saturated heterocycles. The van der Waals surface area contributed by atoms with Crippen LogP contribution in [0.5, 0.6) is 0 Å². The predicted octanol–water partition coefficient (Wildman–Crippen LogP) is 6.78. The normalized spacial score (nSPS) is 14.5. The Kier molecular flexibility index (Phi) is 26.3. The molecule has 0 aliphatic rings. The highest BCUT2D eigenvalue weighted by molar-refractivity contribution is 7.38. The van der Waals surface area contributed by atoms with Crippen molar-refractivity contribution in [1.29, 1.82) is 0 Å². The highest BCUT2D eigenvalue weighted by Crippen LogP contribution is 2.33. The zero-order valence-electron chi connectivity index (χ0n) is 24.6. The summed E-state index contributed by atoms with van der Waals surface area (Å²) in [6.07, 6.45) is 14.0. The molecule has 2 N–H and O–H groups in total. The summed E-state index contributed by atoms with van der Waals surface area (Å²) in [5.41, 5.74) is 5.97. The topological polar surface area (TPSA) is 72.2 Å². The van der Waals surface area contributed by atoms with E-state index in [1.807, 2.05) is 0 Å². The van der Waals surface area contributed by atoms with Gasteiger partial charge in [0.1, 0.15) is 0 Å². The molecule has 0 rings (SSSR count). The van der Waals surface area contributed by atoms with Crippen LogP contribution in [-0.2, 0) is 23.7 Å². The lowest BCUT2D eigenvalue weighted by Gasteiger charge is -2.36. The summed E-state index contributed by atoms with van der Waals surface area (Å²) in [5, 5.41) is 0. The summed E-state index contributed by atoms with van der Waals surface area (Å²) in [5.74, 6) is 0. The van der Waals surface area contributed by atoms with Crippen molar-refractivity contribution in [3.05, 3.63) is 0 Å². The van der Waals surface area contributed by atoms with E-state index in [0.29, 0.717) is 6.54 Å². The molecule has 8 heteroatoms. The van der Waals surface area contributed by atoms with E-state index in [2.05, 4.69) is 41.5 Å². The van der Waals surface area contributed by atoms with Crippen LogP contribution in [-0.4, -0.2) is 81.9 Å². The van der Waals surface area contributed by atoms with E-state index < -0.39 is 0 Å². The Balaban J connectivity index is 4.62. The largest absolute Gasteiger partial charge is 0.372 e. The second kappa shape index (κ2) is 25.9. The molecule has 0 saturated carbocycles. The molecule has 0 aromatic heterocycles. The lowest BCUT2D eigenvalue weighted by molar-refractivity contribution is -0.142.